The van der Waals surface area contributed by atoms with Crippen molar-refractivity contribution in [1.82, 2.24) is 5.32 Å². The Labute approximate surface area is 118 Å². The van der Waals surface area contributed by atoms with Gasteiger partial charge in [0.15, 0.2) is 0 Å². The third-order valence-corrected chi connectivity index (χ3v) is 3.94. The Balaban J connectivity index is 2.27. The lowest BCUT2D eigenvalue weighted by Gasteiger charge is -2.36. The predicted octanol–water partition coefficient (Wildman–Crippen LogP) is 1.94. The van der Waals surface area contributed by atoms with Gasteiger partial charge in [0.1, 0.15) is 6.04 Å². The molecule has 0 aliphatic carbocycles. The van der Waals surface area contributed by atoms with E-state index in [-0.39, 0.29) is 18.6 Å². The number of rotatable bonds is 3. The fourth-order valence-electron chi connectivity index (χ4n) is 2.52. The van der Waals surface area contributed by atoms with E-state index in [1.807, 2.05) is 18.2 Å². The van der Waals surface area contributed by atoms with Crippen molar-refractivity contribution in [3.05, 3.63) is 28.8 Å². The molecule has 1 unspecified atom stereocenters. The zero-order chi connectivity index (χ0) is 13.8. The summed E-state index contributed by atoms with van der Waals surface area (Å²) in [6.07, 6.45) is 3.00. The maximum atomic E-state index is 11.9. The van der Waals surface area contributed by atoms with Gasteiger partial charge in [0.2, 0.25) is 5.91 Å². The highest BCUT2D eigenvalue weighted by Crippen LogP contribution is 2.29. The van der Waals surface area contributed by atoms with Gasteiger partial charge in [0.05, 0.1) is 6.61 Å². The zero-order valence-electron chi connectivity index (χ0n) is 11.0. The first-order chi connectivity index (χ1) is 9.17. The summed E-state index contributed by atoms with van der Waals surface area (Å²) >= 11 is 6.12. The number of anilines is 1. The van der Waals surface area contributed by atoms with Gasteiger partial charge in [-0.1, -0.05) is 17.7 Å². The van der Waals surface area contributed by atoms with Crippen molar-refractivity contribution < 1.29 is 9.90 Å². The molecule has 4 nitrogen and oxygen atoms in total. The van der Waals surface area contributed by atoms with Crippen LogP contribution in [-0.2, 0) is 11.4 Å². The van der Waals surface area contributed by atoms with Crippen molar-refractivity contribution >= 4 is 23.2 Å². The van der Waals surface area contributed by atoms with Crippen LogP contribution in [0.3, 0.4) is 0 Å². The third kappa shape index (κ3) is 3.01. The Morgan fingerprint density at radius 2 is 2.32 bits per heavy atom. The number of carbonyl (C=O) groups is 1. The molecule has 1 aliphatic rings. The van der Waals surface area contributed by atoms with Crippen molar-refractivity contribution in [3.63, 3.8) is 0 Å². The van der Waals surface area contributed by atoms with E-state index in [0.717, 1.165) is 31.5 Å². The van der Waals surface area contributed by atoms with Crippen LogP contribution in [0.25, 0.3) is 0 Å². The van der Waals surface area contributed by atoms with Gasteiger partial charge in [-0.2, -0.15) is 0 Å². The molecule has 1 saturated heterocycles. The number of amides is 1. The van der Waals surface area contributed by atoms with E-state index in [2.05, 4.69) is 10.2 Å². The molecular formula is C14H19ClN2O2. The molecule has 0 bridgehead atoms. The smallest absolute Gasteiger partial charge is 0.242 e. The molecule has 0 spiro atoms. The predicted molar refractivity (Wildman–Crippen MR) is 76.4 cm³/mol. The van der Waals surface area contributed by atoms with E-state index in [1.165, 1.54) is 0 Å². The Morgan fingerprint density at radius 3 is 2.95 bits per heavy atom. The monoisotopic (exact) mass is 282 g/mol. The highest BCUT2D eigenvalue weighted by Gasteiger charge is 2.28. The van der Waals surface area contributed by atoms with Crippen LogP contribution in [0.4, 0.5) is 5.69 Å². The molecule has 19 heavy (non-hydrogen) atoms. The number of nitrogens with zero attached hydrogens (tertiary/aromatic N) is 1. The van der Waals surface area contributed by atoms with Crippen molar-refractivity contribution in [2.24, 2.45) is 0 Å². The van der Waals surface area contributed by atoms with Crippen molar-refractivity contribution in [3.8, 4) is 0 Å². The Bertz CT molecular complexity index is 465. The molecule has 2 rings (SSSR count). The molecule has 1 amide bonds. The van der Waals surface area contributed by atoms with Gasteiger partial charge in [-0.05, 0) is 37.0 Å². The van der Waals surface area contributed by atoms with Crippen LogP contribution in [-0.4, -0.2) is 30.6 Å². The Hall–Kier alpha value is -1.26. The van der Waals surface area contributed by atoms with Crippen LogP contribution in [0.5, 0.6) is 0 Å². The summed E-state index contributed by atoms with van der Waals surface area (Å²) in [5, 5.41) is 12.4. The number of benzene rings is 1. The Morgan fingerprint density at radius 1 is 1.53 bits per heavy atom. The molecule has 5 heteroatoms. The summed E-state index contributed by atoms with van der Waals surface area (Å²) < 4.78 is 0. The van der Waals surface area contributed by atoms with Crippen LogP contribution in [0, 0.1) is 0 Å². The number of aliphatic hydroxyl groups excluding tert-OH is 1. The lowest BCUT2D eigenvalue weighted by Crippen LogP contribution is -2.48. The quantitative estimate of drug-likeness (QED) is 0.891. The second-order valence-corrected chi connectivity index (χ2v) is 5.16. The van der Waals surface area contributed by atoms with Gasteiger partial charge < -0.3 is 15.3 Å². The van der Waals surface area contributed by atoms with Crippen LogP contribution in [0.2, 0.25) is 5.02 Å². The first-order valence-electron chi connectivity index (χ1n) is 6.55. The minimum atomic E-state index is -0.130. The van der Waals surface area contributed by atoms with Gasteiger partial charge >= 0.3 is 0 Å². The number of likely N-dealkylation sites (N-methyl/N-ethyl adjacent to an activating group) is 1. The normalized spacial score (nSPS) is 19.3. The fraction of sp³-hybridized carbons (Fsp3) is 0.500. The van der Waals surface area contributed by atoms with Crippen molar-refractivity contribution in [2.75, 3.05) is 18.5 Å². The molecule has 1 aliphatic heterocycles. The molecule has 2 N–H and O–H groups in total. The van der Waals surface area contributed by atoms with Crippen LogP contribution >= 0.6 is 11.6 Å². The molecule has 1 aromatic carbocycles. The van der Waals surface area contributed by atoms with Gasteiger partial charge in [-0.3, -0.25) is 4.79 Å². The molecule has 1 atom stereocenters. The third-order valence-electron chi connectivity index (χ3n) is 3.59. The number of halogens is 1. The molecule has 1 aromatic rings. The van der Waals surface area contributed by atoms with E-state index in [9.17, 15) is 4.79 Å². The van der Waals surface area contributed by atoms with Crippen molar-refractivity contribution in [1.29, 1.82) is 0 Å². The summed E-state index contributed by atoms with van der Waals surface area (Å²) in [5.41, 5.74) is 1.65. The SMILES string of the molecule is CNC(=O)C1CCCCN1c1ccc(CO)c(Cl)c1. The zero-order valence-corrected chi connectivity index (χ0v) is 11.8. The number of piperidine rings is 1. The van der Waals surface area contributed by atoms with Gasteiger partial charge in [0.25, 0.3) is 0 Å². The highest BCUT2D eigenvalue weighted by atomic mass is 35.5. The lowest BCUT2D eigenvalue weighted by molar-refractivity contribution is -0.122. The summed E-state index contributed by atoms with van der Waals surface area (Å²) in [6.45, 7) is 0.783. The van der Waals surface area contributed by atoms with E-state index >= 15 is 0 Å². The first kappa shape index (κ1) is 14.2. The molecule has 1 heterocycles. The second kappa shape index (κ2) is 6.26. The number of nitrogens with one attached hydrogen (secondary N) is 1. The lowest BCUT2D eigenvalue weighted by atomic mass is 10.00. The molecular weight excluding hydrogens is 264 g/mol. The second-order valence-electron chi connectivity index (χ2n) is 4.75. The summed E-state index contributed by atoms with van der Waals surface area (Å²) in [6, 6.07) is 5.43. The van der Waals surface area contributed by atoms with Crippen LogP contribution in [0.1, 0.15) is 24.8 Å². The van der Waals surface area contributed by atoms with E-state index in [4.69, 9.17) is 16.7 Å². The standard InChI is InChI=1S/C14H19ClN2O2/c1-16-14(19)13-4-2-3-7-17(13)11-6-5-10(9-18)12(15)8-11/h5-6,8,13,18H,2-4,7,9H2,1H3,(H,16,19). The molecule has 1 fully saturated rings. The topological polar surface area (TPSA) is 52.6 Å². The molecule has 0 saturated carbocycles. The van der Waals surface area contributed by atoms with Gasteiger partial charge in [-0.25, -0.2) is 0 Å². The molecule has 0 radical (unpaired) electrons. The average molecular weight is 283 g/mol. The van der Waals surface area contributed by atoms with Crippen molar-refractivity contribution in [2.45, 2.75) is 31.9 Å². The first-order valence-corrected chi connectivity index (χ1v) is 6.92. The van der Waals surface area contributed by atoms with E-state index < -0.39 is 0 Å². The minimum absolute atomic E-state index is 0.0436. The van der Waals surface area contributed by atoms with Gasteiger partial charge in [-0.15, -0.1) is 0 Å². The summed E-state index contributed by atoms with van der Waals surface area (Å²) in [4.78, 5) is 14.0. The summed E-state index contributed by atoms with van der Waals surface area (Å²) in [7, 11) is 1.66. The Kier molecular flexibility index (Phi) is 4.66. The average Bonchev–Trinajstić information content (AvgIpc) is 2.46. The maximum Gasteiger partial charge on any atom is 0.242 e. The van der Waals surface area contributed by atoms with Crippen LogP contribution in [0.15, 0.2) is 18.2 Å². The molecule has 0 aromatic heterocycles. The maximum absolute atomic E-state index is 11.9. The minimum Gasteiger partial charge on any atom is -0.392 e. The van der Waals surface area contributed by atoms with E-state index in [0.29, 0.717) is 10.6 Å². The van der Waals surface area contributed by atoms with Crippen LogP contribution < -0.4 is 10.2 Å². The van der Waals surface area contributed by atoms with E-state index in [1.54, 1.807) is 7.05 Å². The van der Waals surface area contributed by atoms with Gasteiger partial charge in [0, 0.05) is 24.3 Å². The largest absolute Gasteiger partial charge is 0.392 e. The fourth-order valence-corrected chi connectivity index (χ4v) is 2.76. The number of carbonyl (C=O) groups excluding carboxylic acids is 1. The summed E-state index contributed by atoms with van der Waals surface area (Å²) in [5.74, 6) is 0.0436. The number of aliphatic hydroxyl groups is 1. The highest BCUT2D eigenvalue weighted by molar-refractivity contribution is 6.31. The number of hydrogen-bond acceptors (Lipinski definition) is 3. The molecule has 104 valence electrons. The number of hydrogen-bond donors (Lipinski definition) is 2.